The maximum atomic E-state index is 14.8. The van der Waals surface area contributed by atoms with Crippen LogP contribution in [0.3, 0.4) is 0 Å². The van der Waals surface area contributed by atoms with Crippen LogP contribution in [0.5, 0.6) is 5.88 Å². The standard InChI is InChI=1S/C28H24FN5O4S/c1-37-16-6-13(25(36)33-28-20-17-21(28)19-22(28)18(20)27(17,19)29)15(7-30-16)31-24(35)12-3-2-4-14-23(12)39-26(32-14)34-10-5-11(34)9-38-8-10/h2-4,6-7,10-11,17-22H,5,8-9H2,1H3,(H,31,35)(H,33,36). The Morgan fingerprint density at radius 1 is 1.10 bits per heavy atom. The maximum absolute atomic E-state index is 14.8. The molecule has 11 rings (SSSR count). The summed E-state index contributed by atoms with van der Waals surface area (Å²) < 4.78 is 26.5. The van der Waals surface area contributed by atoms with Crippen LogP contribution >= 0.6 is 11.3 Å². The highest BCUT2D eigenvalue weighted by Crippen LogP contribution is 3.04. The summed E-state index contributed by atoms with van der Waals surface area (Å²) in [5.74, 6) is 0.968. The molecule has 2 aliphatic heterocycles. The predicted octanol–water partition coefficient (Wildman–Crippen LogP) is 2.87. The van der Waals surface area contributed by atoms with E-state index in [9.17, 15) is 14.0 Å². The number of hydrogen-bond acceptors (Lipinski definition) is 8. The average molecular weight is 546 g/mol. The summed E-state index contributed by atoms with van der Waals surface area (Å²) in [7, 11) is 1.49. The van der Waals surface area contributed by atoms with E-state index in [0.717, 1.165) is 21.8 Å². The van der Waals surface area contributed by atoms with Crippen LogP contribution in [0.25, 0.3) is 10.2 Å². The van der Waals surface area contributed by atoms with Crippen molar-refractivity contribution in [2.45, 2.75) is 29.7 Å². The molecule has 0 spiro atoms. The molecule has 39 heavy (non-hydrogen) atoms. The number of carbonyl (C=O) groups is 2. The number of anilines is 2. The molecule has 2 saturated heterocycles. The van der Waals surface area contributed by atoms with Crippen LogP contribution in [0.1, 0.15) is 27.1 Å². The number of halogens is 1. The van der Waals surface area contributed by atoms with Gasteiger partial charge in [-0.05, 0) is 36.3 Å². The molecule has 4 heterocycles. The Hall–Kier alpha value is -3.31. The largest absolute Gasteiger partial charge is 0.481 e. The second-order valence-electron chi connectivity index (χ2n) is 12.2. The Morgan fingerprint density at radius 3 is 2.54 bits per heavy atom. The lowest BCUT2D eigenvalue weighted by atomic mass is 8.97. The smallest absolute Gasteiger partial charge is 0.257 e. The highest BCUT2D eigenvalue weighted by molar-refractivity contribution is 7.22. The number of benzene rings is 1. The topological polar surface area (TPSA) is 106 Å². The van der Waals surface area contributed by atoms with Crippen molar-refractivity contribution in [3.63, 3.8) is 0 Å². The summed E-state index contributed by atoms with van der Waals surface area (Å²) in [5.41, 5.74) is 0.719. The van der Waals surface area contributed by atoms with Gasteiger partial charge < -0.3 is 25.0 Å². The highest BCUT2D eigenvalue weighted by Gasteiger charge is 3.11. The van der Waals surface area contributed by atoms with E-state index >= 15 is 0 Å². The lowest BCUT2D eigenvalue weighted by Crippen LogP contribution is -3.16. The third-order valence-corrected chi connectivity index (χ3v) is 12.4. The number of nitrogens with zero attached hydrogens (tertiary/aromatic N) is 3. The quantitative estimate of drug-likeness (QED) is 0.491. The van der Waals surface area contributed by atoms with Gasteiger partial charge >= 0.3 is 0 Å². The van der Waals surface area contributed by atoms with Gasteiger partial charge in [0.05, 0.1) is 71.2 Å². The first kappa shape index (κ1) is 21.5. The van der Waals surface area contributed by atoms with Gasteiger partial charge in [-0.3, -0.25) is 9.59 Å². The van der Waals surface area contributed by atoms with Crippen molar-refractivity contribution in [2.24, 2.45) is 35.5 Å². The van der Waals surface area contributed by atoms with E-state index in [1.807, 2.05) is 12.1 Å². The second-order valence-corrected chi connectivity index (χ2v) is 13.2. The highest BCUT2D eigenvalue weighted by atomic mass is 32.1. The molecule has 2 aromatic heterocycles. The van der Waals surface area contributed by atoms with E-state index < -0.39 is 5.67 Å². The zero-order valence-corrected chi connectivity index (χ0v) is 21.7. The Bertz CT molecular complexity index is 1610. The number of methoxy groups -OCH3 is 1. The lowest BCUT2D eigenvalue weighted by molar-refractivity contribution is -0.614. The number of hydrogen-bond donors (Lipinski definition) is 2. The fourth-order valence-corrected chi connectivity index (χ4v) is 11.0. The Kier molecular flexibility index (Phi) is 3.60. The van der Waals surface area contributed by atoms with E-state index in [4.69, 9.17) is 14.5 Å². The van der Waals surface area contributed by atoms with Crippen LogP contribution < -0.4 is 20.3 Å². The first-order valence-electron chi connectivity index (χ1n) is 13.6. The first-order valence-corrected chi connectivity index (χ1v) is 14.4. The molecule has 9 nitrogen and oxygen atoms in total. The van der Waals surface area contributed by atoms with Crippen molar-refractivity contribution >= 4 is 44.2 Å². The van der Waals surface area contributed by atoms with Gasteiger partial charge in [-0.15, -0.1) is 0 Å². The van der Waals surface area contributed by atoms with Crippen LogP contribution in [0, 0.1) is 35.5 Å². The Labute approximate surface area is 226 Å². The van der Waals surface area contributed by atoms with E-state index in [2.05, 4.69) is 20.5 Å². The van der Waals surface area contributed by atoms with Gasteiger partial charge in [0.25, 0.3) is 11.8 Å². The van der Waals surface area contributed by atoms with Crippen molar-refractivity contribution in [3.8, 4) is 5.88 Å². The van der Waals surface area contributed by atoms with Gasteiger partial charge in [0.1, 0.15) is 5.67 Å². The van der Waals surface area contributed by atoms with E-state index in [1.54, 1.807) is 12.1 Å². The molecule has 198 valence electrons. The van der Waals surface area contributed by atoms with Crippen LogP contribution in [0.15, 0.2) is 30.5 Å². The number of nitrogens with one attached hydrogen (secondary N) is 2. The molecule has 8 fully saturated rings. The van der Waals surface area contributed by atoms with Crippen molar-refractivity contribution in [2.75, 3.05) is 30.5 Å². The molecule has 2 bridgehead atoms. The molecule has 1 aromatic carbocycles. The summed E-state index contributed by atoms with van der Waals surface area (Å²) in [4.78, 5) is 38.5. The van der Waals surface area contributed by atoms with Crippen molar-refractivity contribution in [1.29, 1.82) is 0 Å². The van der Waals surface area contributed by atoms with Gasteiger partial charge in [0.2, 0.25) is 5.88 Å². The molecule has 0 radical (unpaired) electrons. The molecule has 2 unspecified atom stereocenters. The van der Waals surface area contributed by atoms with Crippen LogP contribution in [0.4, 0.5) is 15.2 Å². The lowest BCUT2D eigenvalue weighted by Gasteiger charge is -3.08. The molecule has 6 saturated carbocycles. The number of fused-ring (bicyclic) bond motifs is 3. The number of amides is 2. The third-order valence-electron chi connectivity index (χ3n) is 11.2. The van der Waals surface area contributed by atoms with Crippen LogP contribution in [-0.4, -0.2) is 65.4 Å². The first-order chi connectivity index (χ1) is 19.0. The number of carbonyl (C=O) groups excluding carboxylic acids is 2. The van der Waals surface area contributed by atoms with Crippen molar-refractivity contribution in [3.05, 3.63) is 41.6 Å². The van der Waals surface area contributed by atoms with Gasteiger partial charge in [0.15, 0.2) is 5.13 Å². The summed E-state index contributed by atoms with van der Waals surface area (Å²) in [5, 5.41) is 7.09. The van der Waals surface area contributed by atoms with Gasteiger partial charge in [-0.25, -0.2) is 14.4 Å². The van der Waals surface area contributed by atoms with E-state index in [0.29, 0.717) is 42.1 Å². The summed E-state index contributed by atoms with van der Waals surface area (Å²) in [6.45, 7) is 1.41. The molecule has 3 aromatic rings. The van der Waals surface area contributed by atoms with Crippen molar-refractivity contribution < 1.29 is 23.5 Å². The number of morpholine rings is 1. The van der Waals surface area contributed by atoms with Gasteiger partial charge in [-0.1, -0.05) is 17.4 Å². The number of thiazole rings is 1. The fraction of sp³-hybridized carbons (Fsp3) is 0.500. The monoisotopic (exact) mass is 545 g/mol. The minimum Gasteiger partial charge on any atom is -0.481 e. The minimum atomic E-state index is -0.911. The Morgan fingerprint density at radius 2 is 1.85 bits per heavy atom. The molecule has 2 amide bonds. The maximum Gasteiger partial charge on any atom is 0.257 e. The summed E-state index contributed by atoms with van der Waals surface area (Å²) in [6, 6.07) is 7.75. The number of alkyl halides is 1. The average Bonchev–Trinajstić information content (AvgIpc) is 3.38. The number of pyridine rings is 1. The van der Waals surface area contributed by atoms with Crippen LogP contribution in [0.2, 0.25) is 0 Å². The molecule has 8 aliphatic rings. The molecular weight excluding hydrogens is 521 g/mol. The Balaban J connectivity index is 0.943. The van der Waals surface area contributed by atoms with E-state index in [-0.39, 0.29) is 58.7 Å². The molecule has 2 N–H and O–H groups in total. The third kappa shape index (κ3) is 2.11. The molecule has 11 heteroatoms. The SMILES string of the molecule is COc1cc(C(=O)NC23C4C5C2C2C3C4C52F)c(NC(=O)c2cccc3nc(N4C5COCC4C5)sc23)cn1. The zero-order valence-electron chi connectivity index (χ0n) is 20.9. The van der Waals surface area contributed by atoms with Gasteiger partial charge in [0, 0.05) is 23.8 Å². The summed E-state index contributed by atoms with van der Waals surface area (Å²) in [6.07, 6.45) is 2.57. The normalized spacial score (nSPS) is 42.1. The number of ether oxygens (including phenoxy) is 2. The van der Waals surface area contributed by atoms with Crippen molar-refractivity contribution in [1.82, 2.24) is 15.3 Å². The second kappa shape index (κ2) is 6.52. The molecule has 2 atom stereocenters. The minimum absolute atomic E-state index is 0.150. The molecule has 6 aliphatic carbocycles. The number of rotatable bonds is 6. The van der Waals surface area contributed by atoms with E-state index in [1.165, 1.54) is 24.6 Å². The fourth-order valence-electron chi connectivity index (χ4n) is 9.81. The van der Waals surface area contributed by atoms with Crippen LogP contribution in [-0.2, 0) is 4.74 Å². The van der Waals surface area contributed by atoms with Gasteiger partial charge in [-0.2, -0.15) is 0 Å². The number of aromatic nitrogens is 2. The summed E-state index contributed by atoms with van der Waals surface area (Å²) >= 11 is 1.51. The molecular formula is C28H24FN5O4S. The zero-order chi connectivity index (χ0) is 26.0. The predicted molar refractivity (Wildman–Crippen MR) is 139 cm³/mol.